The summed E-state index contributed by atoms with van der Waals surface area (Å²) in [5.41, 5.74) is 0. The summed E-state index contributed by atoms with van der Waals surface area (Å²) in [6.45, 7) is 6.81. The SMILES string of the molecule is CC.CC(=O)CC1SCCCN1C. The zero-order valence-corrected chi connectivity index (χ0v) is 9.99. The van der Waals surface area contributed by atoms with Gasteiger partial charge in [0.2, 0.25) is 0 Å². The largest absolute Gasteiger partial charge is 0.300 e. The average molecular weight is 203 g/mol. The van der Waals surface area contributed by atoms with Crippen LogP contribution in [0.2, 0.25) is 0 Å². The number of carbonyl (C=O) groups is 1. The summed E-state index contributed by atoms with van der Waals surface area (Å²) in [7, 11) is 2.10. The van der Waals surface area contributed by atoms with Crippen molar-refractivity contribution in [3.63, 3.8) is 0 Å². The molecule has 0 aromatic rings. The summed E-state index contributed by atoms with van der Waals surface area (Å²) in [6, 6.07) is 0. The third-order valence-electron chi connectivity index (χ3n) is 1.92. The molecule has 0 radical (unpaired) electrons. The molecule has 3 heteroatoms. The molecule has 1 unspecified atom stereocenters. The van der Waals surface area contributed by atoms with Crippen molar-refractivity contribution >= 4 is 17.5 Å². The van der Waals surface area contributed by atoms with Gasteiger partial charge in [0.1, 0.15) is 5.78 Å². The number of thioether (sulfide) groups is 1. The van der Waals surface area contributed by atoms with Crippen LogP contribution in [0.25, 0.3) is 0 Å². The Balaban J connectivity index is 0.000000671. The molecular weight excluding hydrogens is 182 g/mol. The molecule has 1 atom stereocenters. The van der Waals surface area contributed by atoms with Crippen LogP contribution in [-0.2, 0) is 4.79 Å². The van der Waals surface area contributed by atoms with Crippen molar-refractivity contribution in [1.29, 1.82) is 0 Å². The fourth-order valence-corrected chi connectivity index (χ4v) is 2.55. The van der Waals surface area contributed by atoms with Crippen molar-refractivity contribution < 1.29 is 4.79 Å². The van der Waals surface area contributed by atoms with Gasteiger partial charge >= 0.3 is 0 Å². The first-order valence-electron chi connectivity index (χ1n) is 5.01. The Morgan fingerprint density at radius 3 is 2.62 bits per heavy atom. The molecular formula is C10H21NOS. The van der Waals surface area contributed by atoms with Gasteiger partial charge in [0, 0.05) is 6.42 Å². The third kappa shape index (κ3) is 5.32. The minimum atomic E-state index is 0.302. The summed E-state index contributed by atoms with van der Waals surface area (Å²) in [4.78, 5) is 13.1. The van der Waals surface area contributed by atoms with Crippen molar-refractivity contribution in [3.8, 4) is 0 Å². The van der Waals surface area contributed by atoms with Gasteiger partial charge in [-0.15, -0.1) is 11.8 Å². The Morgan fingerprint density at radius 1 is 1.54 bits per heavy atom. The first kappa shape index (κ1) is 13.0. The normalized spacial score (nSPS) is 23.2. The lowest BCUT2D eigenvalue weighted by atomic mass is 10.3. The van der Waals surface area contributed by atoms with Crippen LogP contribution in [0.1, 0.15) is 33.6 Å². The van der Waals surface area contributed by atoms with Crippen molar-refractivity contribution in [2.75, 3.05) is 19.3 Å². The highest BCUT2D eigenvalue weighted by atomic mass is 32.2. The van der Waals surface area contributed by atoms with Crippen LogP contribution in [0.4, 0.5) is 0 Å². The van der Waals surface area contributed by atoms with E-state index in [9.17, 15) is 4.79 Å². The first-order chi connectivity index (χ1) is 6.20. The topological polar surface area (TPSA) is 20.3 Å². The molecule has 0 aromatic carbocycles. The van der Waals surface area contributed by atoms with Gasteiger partial charge in [-0.1, -0.05) is 13.8 Å². The highest BCUT2D eigenvalue weighted by Gasteiger charge is 2.20. The van der Waals surface area contributed by atoms with E-state index < -0.39 is 0 Å². The number of Topliss-reactive ketones (excluding diaryl/α,β-unsaturated/α-hetero) is 1. The molecule has 13 heavy (non-hydrogen) atoms. The van der Waals surface area contributed by atoms with Gasteiger partial charge in [0.05, 0.1) is 5.37 Å². The molecule has 0 N–H and O–H groups in total. The molecule has 1 aliphatic heterocycles. The molecule has 0 amide bonds. The second-order valence-corrected chi connectivity index (χ2v) is 4.35. The Hall–Kier alpha value is -0.0200. The lowest BCUT2D eigenvalue weighted by Gasteiger charge is -2.31. The first-order valence-corrected chi connectivity index (χ1v) is 6.06. The number of carbonyl (C=O) groups excluding carboxylic acids is 1. The number of hydrogen-bond acceptors (Lipinski definition) is 3. The fourth-order valence-electron chi connectivity index (χ4n) is 1.27. The molecule has 0 bridgehead atoms. The number of hydrogen-bond donors (Lipinski definition) is 0. The third-order valence-corrected chi connectivity index (χ3v) is 3.35. The van der Waals surface area contributed by atoms with Gasteiger partial charge in [-0.3, -0.25) is 9.69 Å². The molecule has 1 rings (SSSR count). The van der Waals surface area contributed by atoms with Gasteiger partial charge in [-0.05, 0) is 32.7 Å². The molecule has 2 nitrogen and oxygen atoms in total. The summed E-state index contributed by atoms with van der Waals surface area (Å²) in [5.74, 6) is 1.51. The molecule has 78 valence electrons. The predicted molar refractivity (Wildman–Crippen MR) is 60.1 cm³/mol. The van der Waals surface area contributed by atoms with Crippen LogP contribution >= 0.6 is 11.8 Å². The smallest absolute Gasteiger partial charge is 0.132 e. The maximum absolute atomic E-state index is 10.8. The van der Waals surface area contributed by atoms with E-state index in [1.165, 1.54) is 12.2 Å². The van der Waals surface area contributed by atoms with Gasteiger partial charge in [-0.25, -0.2) is 0 Å². The second kappa shape index (κ2) is 7.39. The van der Waals surface area contributed by atoms with Crippen molar-refractivity contribution in [3.05, 3.63) is 0 Å². The van der Waals surface area contributed by atoms with Gasteiger partial charge in [0.25, 0.3) is 0 Å². The Labute approximate surface area is 86.1 Å². The Morgan fingerprint density at radius 2 is 2.15 bits per heavy atom. The summed E-state index contributed by atoms with van der Waals surface area (Å²) in [6.07, 6.45) is 1.97. The second-order valence-electron chi connectivity index (χ2n) is 3.07. The average Bonchev–Trinajstić information content (AvgIpc) is 2.12. The zero-order chi connectivity index (χ0) is 10.3. The molecule has 1 heterocycles. The standard InChI is InChI=1S/C8H15NOS.C2H6/c1-7(10)6-8-9(2)4-3-5-11-8;1-2/h8H,3-6H2,1-2H3;1-2H3. The van der Waals surface area contributed by atoms with E-state index in [1.807, 2.05) is 25.6 Å². The minimum Gasteiger partial charge on any atom is -0.300 e. The van der Waals surface area contributed by atoms with Crippen LogP contribution in [-0.4, -0.2) is 35.4 Å². The van der Waals surface area contributed by atoms with E-state index in [0.717, 1.165) is 6.54 Å². The van der Waals surface area contributed by atoms with E-state index in [0.29, 0.717) is 17.6 Å². The van der Waals surface area contributed by atoms with E-state index in [1.54, 1.807) is 6.92 Å². The molecule has 0 aliphatic carbocycles. The summed E-state index contributed by atoms with van der Waals surface area (Å²) in [5, 5.41) is 0.446. The highest BCUT2D eigenvalue weighted by Crippen LogP contribution is 2.23. The van der Waals surface area contributed by atoms with E-state index >= 15 is 0 Å². The van der Waals surface area contributed by atoms with Crippen molar-refractivity contribution in [1.82, 2.24) is 4.90 Å². The van der Waals surface area contributed by atoms with Gasteiger partial charge < -0.3 is 0 Å². The highest BCUT2D eigenvalue weighted by molar-refractivity contribution is 7.99. The zero-order valence-electron chi connectivity index (χ0n) is 9.17. The lowest BCUT2D eigenvalue weighted by Crippen LogP contribution is -2.35. The van der Waals surface area contributed by atoms with Gasteiger partial charge in [-0.2, -0.15) is 0 Å². The maximum Gasteiger partial charge on any atom is 0.132 e. The molecule has 1 saturated heterocycles. The molecule has 0 aromatic heterocycles. The van der Waals surface area contributed by atoms with Crippen LogP contribution < -0.4 is 0 Å². The molecule has 0 saturated carbocycles. The lowest BCUT2D eigenvalue weighted by molar-refractivity contribution is -0.117. The van der Waals surface area contributed by atoms with E-state index in [-0.39, 0.29) is 0 Å². The molecule has 0 spiro atoms. The number of ketones is 1. The van der Waals surface area contributed by atoms with E-state index in [2.05, 4.69) is 11.9 Å². The van der Waals surface area contributed by atoms with Gasteiger partial charge in [0.15, 0.2) is 0 Å². The predicted octanol–water partition coefficient (Wildman–Crippen LogP) is 2.39. The number of rotatable bonds is 2. The van der Waals surface area contributed by atoms with Crippen LogP contribution in [0.3, 0.4) is 0 Å². The number of nitrogens with zero attached hydrogens (tertiary/aromatic N) is 1. The molecule has 1 fully saturated rings. The Kier molecular flexibility index (Phi) is 7.38. The monoisotopic (exact) mass is 203 g/mol. The molecule has 1 aliphatic rings. The maximum atomic E-state index is 10.8. The van der Waals surface area contributed by atoms with Crippen molar-refractivity contribution in [2.45, 2.75) is 39.0 Å². The van der Waals surface area contributed by atoms with Crippen LogP contribution in [0, 0.1) is 0 Å². The quantitative estimate of drug-likeness (QED) is 0.687. The van der Waals surface area contributed by atoms with E-state index in [4.69, 9.17) is 0 Å². The fraction of sp³-hybridized carbons (Fsp3) is 0.900. The van der Waals surface area contributed by atoms with Crippen LogP contribution in [0.5, 0.6) is 0 Å². The minimum absolute atomic E-state index is 0.302. The summed E-state index contributed by atoms with van der Waals surface area (Å²) < 4.78 is 0. The summed E-state index contributed by atoms with van der Waals surface area (Å²) >= 11 is 1.90. The Bertz CT molecular complexity index is 150. The van der Waals surface area contributed by atoms with Crippen LogP contribution in [0.15, 0.2) is 0 Å². The van der Waals surface area contributed by atoms with Crippen molar-refractivity contribution in [2.24, 2.45) is 0 Å².